The second-order valence-electron chi connectivity index (χ2n) is 6.77. The minimum atomic E-state index is 0.0322. The van der Waals surface area contributed by atoms with Crippen LogP contribution in [0.5, 0.6) is 0 Å². The Morgan fingerprint density at radius 2 is 1.96 bits per heavy atom. The highest BCUT2D eigenvalue weighted by atomic mass is 16.1. The number of carbonyl (C=O) groups is 1. The van der Waals surface area contributed by atoms with Crippen molar-refractivity contribution in [3.05, 3.63) is 47.5 Å². The Bertz CT molecular complexity index is 1010. The van der Waals surface area contributed by atoms with Crippen LogP contribution in [0.15, 0.2) is 41.4 Å². The second-order valence-corrected chi connectivity index (χ2v) is 6.77. The normalized spacial score (nSPS) is 14.7. The number of aromatic nitrogens is 2. The Labute approximate surface area is 147 Å². The van der Waals surface area contributed by atoms with Gasteiger partial charge in [-0.25, -0.2) is 0 Å². The van der Waals surface area contributed by atoms with E-state index in [0.717, 1.165) is 46.4 Å². The summed E-state index contributed by atoms with van der Waals surface area (Å²) in [5.74, 6) is 0.439. The van der Waals surface area contributed by atoms with Crippen LogP contribution >= 0.6 is 0 Å². The number of aliphatic imine (C=N–C) groups is 1. The third-order valence-electron chi connectivity index (χ3n) is 5.09. The number of hydrogen-bond acceptors (Lipinski definition) is 3. The fourth-order valence-corrected chi connectivity index (χ4v) is 3.60. The summed E-state index contributed by atoms with van der Waals surface area (Å²) in [6.07, 6.45) is 2.22. The maximum Gasteiger partial charge on any atom is 0.196 e. The summed E-state index contributed by atoms with van der Waals surface area (Å²) in [7, 11) is 0. The van der Waals surface area contributed by atoms with Gasteiger partial charge in [0.1, 0.15) is 5.69 Å². The van der Waals surface area contributed by atoms with Crippen molar-refractivity contribution in [3.63, 3.8) is 0 Å². The summed E-state index contributed by atoms with van der Waals surface area (Å²) in [4.78, 5) is 18.0. The third-order valence-corrected chi connectivity index (χ3v) is 5.09. The van der Waals surface area contributed by atoms with Gasteiger partial charge in [-0.3, -0.25) is 14.9 Å². The molecule has 4 nitrogen and oxygen atoms in total. The number of benzene rings is 2. The fraction of sp³-hybridized carbons (Fsp3) is 0.286. The highest BCUT2D eigenvalue weighted by molar-refractivity contribution is 6.27. The fourth-order valence-electron chi connectivity index (χ4n) is 3.60. The van der Waals surface area contributed by atoms with Crippen LogP contribution in [0.2, 0.25) is 0 Å². The molecule has 1 atom stereocenters. The lowest BCUT2D eigenvalue weighted by Gasteiger charge is -2.17. The summed E-state index contributed by atoms with van der Waals surface area (Å²) in [5, 5.41) is 8.41. The monoisotopic (exact) mass is 331 g/mol. The Morgan fingerprint density at radius 3 is 2.76 bits per heavy atom. The number of aromatic amines is 1. The first-order valence-corrected chi connectivity index (χ1v) is 8.82. The van der Waals surface area contributed by atoms with E-state index in [9.17, 15) is 4.79 Å². The third kappa shape index (κ3) is 2.40. The molecule has 126 valence electrons. The summed E-state index contributed by atoms with van der Waals surface area (Å²) in [6, 6.07) is 11.6. The number of nitrogens with zero attached hydrogens (tertiary/aromatic N) is 2. The van der Waals surface area contributed by atoms with Crippen molar-refractivity contribution in [2.24, 2.45) is 10.9 Å². The van der Waals surface area contributed by atoms with Crippen LogP contribution in [0, 0.1) is 5.92 Å². The zero-order chi connectivity index (χ0) is 17.6. The molecule has 0 spiro atoms. The smallest absolute Gasteiger partial charge is 0.196 e. The van der Waals surface area contributed by atoms with Crippen molar-refractivity contribution in [1.29, 1.82) is 0 Å². The van der Waals surface area contributed by atoms with Crippen LogP contribution in [-0.2, 0) is 0 Å². The minimum Gasteiger partial charge on any atom is -0.288 e. The van der Waals surface area contributed by atoms with Crippen LogP contribution < -0.4 is 0 Å². The van der Waals surface area contributed by atoms with E-state index in [2.05, 4.69) is 24.0 Å². The van der Waals surface area contributed by atoms with Gasteiger partial charge in [0.05, 0.1) is 16.8 Å². The molecule has 0 radical (unpaired) electrons. The molecule has 0 amide bonds. The zero-order valence-corrected chi connectivity index (χ0v) is 14.8. The molecular formula is C21H21N3O. The average molecular weight is 331 g/mol. The lowest BCUT2D eigenvalue weighted by Crippen LogP contribution is -2.11. The van der Waals surface area contributed by atoms with E-state index in [1.807, 2.05) is 43.3 Å². The van der Waals surface area contributed by atoms with Gasteiger partial charge < -0.3 is 0 Å². The number of rotatable bonds is 4. The van der Waals surface area contributed by atoms with Gasteiger partial charge in [0.15, 0.2) is 5.78 Å². The largest absolute Gasteiger partial charge is 0.288 e. The van der Waals surface area contributed by atoms with Crippen LogP contribution in [0.3, 0.4) is 0 Å². The van der Waals surface area contributed by atoms with E-state index >= 15 is 0 Å². The van der Waals surface area contributed by atoms with Crippen LogP contribution in [0.4, 0.5) is 5.69 Å². The molecule has 1 aromatic heterocycles. The first-order valence-electron chi connectivity index (χ1n) is 8.82. The molecule has 4 rings (SSSR count). The topological polar surface area (TPSA) is 58.1 Å². The first kappa shape index (κ1) is 15.8. The molecule has 0 saturated heterocycles. The number of carbonyl (C=O) groups excluding carboxylic acids is 1. The molecule has 1 N–H and O–H groups in total. The molecule has 3 aromatic rings. The number of fused-ring (bicyclic) bond motifs is 2. The van der Waals surface area contributed by atoms with Gasteiger partial charge in [0.2, 0.25) is 0 Å². The quantitative estimate of drug-likeness (QED) is 0.516. The molecular weight excluding hydrogens is 310 g/mol. The number of nitrogens with one attached hydrogen (secondary N) is 1. The Morgan fingerprint density at radius 1 is 1.20 bits per heavy atom. The second kappa shape index (κ2) is 5.96. The molecule has 1 aliphatic rings. The van der Waals surface area contributed by atoms with Crippen molar-refractivity contribution in [1.82, 2.24) is 10.2 Å². The molecule has 1 unspecified atom stereocenters. The maximum atomic E-state index is 13.2. The molecule has 0 fully saturated rings. The molecule has 2 aromatic carbocycles. The van der Waals surface area contributed by atoms with Crippen molar-refractivity contribution in [2.45, 2.75) is 33.6 Å². The van der Waals surface area contributed by atoms with Gasteiger partial charge in [0.25, 0.3) is 0 Å². The average Bonchev–Trinajstić information content (AvgIpc) is 3.05. The highest BCUT2D eigenvalue weighted by Gasteiger charge is 2.29. The Hall–Kier alpha value is -2.75. The summed E-state index contributed by atoms with van der Waals surface area (Å²) in [6.45, 7) is 6.41. The highest BCUT2D eigenvalue weighted by Crippen LogP contribution is 2.41. The van der Waals surface area contributed by atoms with Gasteiger partial charge in [-0.2, -0.15) is 5.10 Å². The van der Waals surface area contributed by atoms with Crippen molar-refractivity contribution in [3.8, 4) is 11.3 Å². The lowest BCUT2D eigenvalue weighted by molar-refractivity contribution is 0.104. The maximum absolute atomic E-state index is 13.2. The predicted molar refractivity (Wildman–Crippen MR) is 102 cm³/mol. The molecule has 1 aliphatic carbocycles. The van der Waals surface area contributed by atoms with Gasteiger partial charge in [-0.05, 0) is 31.4 Å². The standard InChI is InChI=1S/C21H21N3O/c1-4-7-12(2)13(3)22-16-10-5-8-14-19(16)21(25)15-9-6-11-17-18(15)20(14)24-23-17/h5-6,8-12H,4,7H2,1-3H3,(H,23,24). The van der Waals surface area contributed by atoms with E-state index in [4.69, 9.17) is 4.99 Å². The van der Waals surface area contributed by atoms with Crippen molar-refractivity contribution < 1.29 is 4.79 Å². The van der Waals surface area contributed by atoms with Crippen LogP contribution in [-0.4, -0.2) is 21.7 Å². The Balaban J connectivity index is 1.92. The minimum absolute atomic E-state index is 0.0322. The molecule has 0 bridgehead atoms. The molecule has 0 aliphatic heterocycles. The Kier molecular flexibility index (Phi) is 3.75. The van der Waals surface area contributed by atoms with Crippen molar-refractivity contribution in [2.75, 3.05) is 0 Å². The van der Waals surface area contributed by atoms with E-state index < -0.39 is 0 Å². The van der Waals surface area contributed by atoms with Gasteiger partial charge in [-0.1, -0.05) is 44.5 Å². The molecule has 25 heavy (non-hydrogen) atoms. The zero-order valence-electron chi connectivity index (χ0n) is 14.8. The number of H-pyrrole nitrogens is 1. The SMILES string of the molecule is CCCC(C)C(C)=Nc1cccc2c1C(=O)c1cccc3[nH]nc-2c13. The van der Waals surface area contributed by atoms with E-state index in [0.29, 0.717) is 17.0 Å². The van der Waals surface area contributed by atoms with Crippen LogP contribution in [0.25, 0.3) is 22.2 Å². The van der Waals surface area contributed by atoms with E-state index in [-0.39, 0.29) is 5.78 Å². The summed E-state index contributed by atoms with van der Waals surface area (Å²) >= 11 is 0. The molecule has 0 saturated carbocycles. The summed E-state index contributed by atoms with van der Waals surface area (Å²) in [5.41, 5.74) is 5.79. The van der Waals surface area contributed by atoms with Crippen LogP contribution in [0.1, 0.15) is 49.5 Å². The number of ketones is 1. The van der Waals surface area contributed by atoms with E-state index in [1.165, 1.54) is 0 Å². The van der Waals surface area contributed by atoms with Gasteiger partial charge in [0, 0.05) is 22.2 Å². The molecule has 4 heteroatoms. The first-order chi connectivity index (χ1) is 12.1. The predicted octanol–water partition coefficient (Wildman–Crippen LogP) is 5.30. The number of hydrogen-bond donors (Lipinski definition) is 1. The van der Waals surface area contributed by atoms with Gasteiger partial charge in [-0.15, -0.1) is 0 Å². The lowest BCUT2D eigenvalue weighted by atomic mass is 9.86. The van der Waals surface area contributed by atoms with Gasteiger partial charge >= 0.3 is 0 Å². The van der Waals surface area contributed by atoms with Crippen molar-refractivity contribution >= 4 is 28.1 Å². The summed E-state index contributed by atoms with van der Waals surface area (Å²) < 4.78 is 0. The molecule has 1 heterocycles. The van der Waals surface area contributed by atoms with E-state index in [1.54, 1.807) is 0 Å².